The third-order valence-electron chi connectivity index (χ3n) is 3.90. The fraction of sp³-hybridized carbons (Fsp3) is 0.0909. The van der Waals surface area contributed by atoms with Gasteiger partial charge in [-0.15, -0.1) is 0 Å². The van der Waals surface area contributed by atoms with Gasteiger partial charge in [-0.1, -0.05) is 42.0 Å². The summed E-state index contributed by atoms with van der Waals surface area (Å²) in [5.74, 6) is -0.439. The minimum absolute atomic E-state index is 0.0468. The van der Waals surface area contributed by atoms with Crippen LogP contribution in [0.25, 0.3) is 0 Å². The normalized spacial score (nSPS) is 10.7. The Balaban J connectivity index is 1.52. The maximum atomic E-state index is 13.5. The first-order chi connectivity index (χ1) is 13.1. The molecule has 0 aromatic heterocycles. The number of rotatable bonds is 6. The second-order valence-corrected chi connectivity index (χ2v) is 6.02. The quantitative estimate of drug-likeness (QED) is 0.519. The van der Waals surface area contributed by atoms with Gasteiger partial charge in [-0.05, 0) is 54.4 Å². The predicted octanol–water partition coefficient (Wildman–Crippen LogP) is 4.48. The molecule has 4 nitrogen and oxygen atoms in total. The minimum atomic E-state index is -0.595. The van der Waals surface area contributed by atoms with E-state index in [2.05, 4.69) is 10.5 Å². The molecule has 1 amide bonds. The highest BCUT2D eigenvalue weighted by atomic mass is 19.1. The summed E-state index contributed by atoms with van der Waals surface area (Å²) in [4.78, 5) is 11.9. The summed E-state index contributed by atoms with van der Waals surface area (Å²) in [6.07, 6.45) is 1.49. The molecule has 0 spiro atoms. The van der Waals surface area contributed by atoms with E-state index in [4.69, 9.17) is 4.74 Å². The van der Waals surface area contributed by atoms with Crippen molar-refractivity contribution in [2.75, 3.05) is 0 Å². The molecule has 0 aliphatic heterocycles. The van der Waals surface area contributed by atoms with Crippen LogP contribution < -0.4 is 10.2 Å². The lowest BCUT2D eigenvalue weighted by atomic mass is 10.2. The zero-order valence-corrected chi connectivity index (χ0v) is 14.9. The minimum Gasteiger partial charge on any atom is -0.489 e. The molecule has 0 saturated carbocycles. The number of hydrogen-bond acceptors (Lipinski definition) is 3. The number of nitrogens with zero attached hydrogens (tertiary/aromatic N) is 1. The molecule has 0 radical (unpaired) electrons. The van der Waals surface area contributed by atoms with Crippen LogP contribution in [0.4, 0.5) is 4.39 Å². The number of nitrogens with one attached hydrogen (secondary N) is 1. The van der Waals surface area contributed by atoms with E-state index >= 15 is 0 Å². The summed E-state index contributed by atoms with van der Waals surface area (Å²) in [6.45, 7) is 2.54. The van der Waals surface area contributed by atoms with Gasteiger partial charge in [0.15, 0.2) is 0 Å². The Hall–Kier alpha value is -3.47. The molecule has 0 aliphatic rings. The third kappa shape index (κ3) is 5.25. The van der Waals surface area contributed by atoms with Crippen molar-refractivity contribution in [1.29, 1.82) is 0 Å². The smallest absolute Gasteiger partial charge is 0.274 e. The van der Waals surface area contributed by atoms with Crippen molar-refractivity contribution in [3.63, 3.8) is 0 Å². The number of amides is 1. The van der Waals surface area contributed by atoms with Crippen molar-refractivity contribution < 1.29 is 13.9 Å². The SMILES string of the molecule is Cc1ccc(COc2ccc(C=NNC(=O)c3ccccc3F)cc2)cc1. The van der Waals surface area contributed by atoms with Crippen LogP contribution in [0.15, 0.2) is 77.9 Å². The highest BCUT2D eigenvalue weighted by Crippen LogP contribution is 2.14. The number of carbonyl (C=O) groups is 1. The largest absolute Gasteiger partial charge is 0.489 e. The Bertz CT molecular complexity index is 935. The Morgan fingerprint density at radius 1 is 1.04 bits per heavy atom. The number of aryl methyl sites for hydroxylation is 1. The summed E-state index contributed by atoms with van der Waals surface area (Å²) < 4.78 is 19.3. The van der Waals surface area contributed by atoms with Crippen LogP contribution in [-0.4, -0.2) is 12.1 Å². The first-order valence-corrected chi connectivity index (χ1v) is 8.48. The zero-order chi connectivity index (χ0) is 19.1. The molecule has 27 heavy (non-hydrogen) atoms. The summed E-state index contributed by atoms with van der Waals surface area (Å²) in [5.41, 5.74) is 5.36. The van der Waals surface area contributed by atoms with Crippen LogP contribution >= 0.6 is 0 Å². The molecule has 1 N–H and O–H groups in total. The van der Waals surface area contributed by atoms with Crippen LogP contribution in [0, 0.1) is 12.7 Å². The van der Waals surface area contributed by atoms with E-state index in [1.165, 1.54) is 30.0 Å². The fourth-order valence-electron chi connectivity index (χ4n) is 2.37. The average Bonchev–Trinajstić information content (AvgIpc) is 2.69. The monoisotopic (exact) mass is 362 g/mol. The molecule has 3 rings (SSSR count). The molecular weight excluding hydrogens is 343 g/mol. The highest BCUT2D eigenvalue weighted by Gasteiger charge is 2.09. The lowest BCUT2D eigenvalue weighted by molar-refractivity contribution is 0.0951. The van der Waals surface area contributed by atoms with Gasteiger partial charge >= 0.3 is 0 Å². The lowest BCUT2D eigenvalue weighted by Crippen LogP contribution is -2.18. The van der Waals surface area contributed by atoms with E-state index in [0.717, 1.165) is 16.9 Å². The Morgan fingerprint density at radius 3 is 2.44 bits per heavy atom. The van der Waals surface area contributed by atoms with Gasteiger partial charge < -0.3 is 4.74 Å². The van der Waals surface area contributed by atoms with Crippen LogP contribution in [0.3, 0.4) is 0 Å². The second kappa shape index (κ2) is 8.76. The predicted molar refractivity (Wildman–Crippen MR) is 103 cm³/mol. The molecule has 0 heterocycles. The summed E-state index contributed by atoms with van der Waals surface area (Å²) in [7, 11) is 0. The van der Waals surface area contributed by atoms with Gasteiger partial charge in [0.25, 0.3) is 5.91 Å². The Morgan fingerprint density at radius 2 is 1.74 bits per heavy atom. The van der Waals surface area contributed by atoms with Crippen LogP contribution in [-0.2, 0) is 6.61 Å². The van der Waals surface area contributed by atoms with Crippen molar-refractivity contribution in [3.8, 4) is 5.75 Å². The summed E-state index contributed by atoms with van der Waals surface area (Å²) >= 11 is 0. The number of halogens is 1. The average molecular weight is 362 g/mol. The Kier molecular flexibility index (Phi) is 5.94. The zero-order valence-electron chi connectivity index (χ0n) is 14.9. The third-order valence-corrected chi connectivity index (χ3v) is 3.90. The Labute approximate surface area is 157 Å². The van der Waals surface area contributed by atoms with Gasteiger partial charge in [-0.2, -0.15) is 5.10 Å². The fourth-order valence-corrected chi connectivity index (χ4v) is 2.37. The van der Waals surface area contributed by atoms with Crippen molar-refractivity contribution in [2.45, 2.75) is 13.5 Å². The van der Waals surface area contributed by atoms with Crippen molar-refractivity contribution in [2.24, 2.45) is 5.10 Å². The second-order valence-electron chi connectivity index (χ2n) is 6.02. The molecule has 0 unspecified atom stereocenters. The molecule has 0 aliphatic carbocycles. The van der Waals surface area contributed by atoms with Crippen LogP contribution in [0.2, 0.25) is 0 Å². The number of ether oxygens (including phenoxy) is 1. The summed E-state index contributed by atoms with van der Waals surface area (Å²) in [6, 6.07) is 21.2. The molecule has 136 valence electrons. The van der Waals surface area contributed by atoms with Crippen molar-refractivity contribution >= 4 is 12.1 Å². The standard InChI is InChI=1S/C22H19FN2O2/c1-16-6-8-18(9-7-16)15-27-19-12-10-17(11-13-19)14-24-25-22(26)20-4-2-3-5-21(20)23/h2-14H,15H2,1H3,(H,25,26). The first kappa shape index (κ1) is 18.3. The van der Waals surface area contributed by atoms with E-state index in [-0.39, 0.29) is 5.56 Å². The topological polar surface area (TPSA) is 50.7 Å². The van der Waals surface area contributed by atoms with Gasteiger partial charge in [-0.25, -0.2) is 9.82 Å². The van der Waals surface area contributed by atoms with Crippen molar-refractivity contribution in [1.82, 2.24) is 5.43 Å². The van der Waals surface area contributed by atoms with Gasteiger partial charge in [0, 0.05) is 0 Å². The van der Waals surface area contributed by atoms with Crippen LogP contribution in [0.1, 0.15) is 27.0 Å². The molecule has 0 fully saturated rings. The molecule has 0 saturated heterocycles. The number of benzene rings is 3. The van der Waals surface area contributed by atoms with Gasteiger partial charge in [0.05, 0.1) is 11.8 Å². The highest BCUT2D eigenvalue weighted by molar-refractivity contribution is 5.95. The van der Waals surface area contributed by atoms with Crippen molar-refractivity contribution in [3.05, 3.63) is 101 Å². The number of carbonyl (C=O) groups excluding carboxylic acids is 1. The molecular formula is C22H19FN2O2. The molecule has 3 aromatic carbocycles. The van der Waals surface area contributed by atoms with E-state index in [1.807, 2.05) is 55.5 Å². The van der Waals surface area contributed by atoms with Gasteiger partial charge in [-0.3, -0.25) is 4.79 Å². The van der Waals surface area contributed by atoms with E-state index in [9.17, 15) is 9.18 Å². The van der Waals surface area contributed by atoms with Gasteiger partial charge in [0.2, 0.25) is 0 Å². The number of hydrazone groups is 1. The van der Waals surface area contributed by atoms with Crippen LogP contribution in [0.5, 0.6) is 5.75 Å². The summed E-state index contributed by atoms with van der Waals surface area (Å²) in [5, 5.41) is 3.86. The first-order valence-electron chi connectivity index (χ1n) is 8.48. The molecule has 3 aromatic rings. The maximum Gasteiger partial charge on any atom is 0.274 e. The maximum absolute atomic E-state index is 13.5. The lowest BCUT2D eigenvalue weighted by Gasteiger charge is -2.07. The van der Waals surface area contributed by atoms with E-state index < -0.39 is 11.7 Å². The molecule has 0 atom stereocenters. The van der Waals surface area contributed by atoms with Gasteiger partial charge in [0.1, 0.15) is 18.2 Å². The van der Waals surface area contributed by atoms with E-state index in [1.54, 1.807) is 6.07 Å². The number of hydrogen-bond donors (Lipinski definition) is 1. The molecule has 5 heteroatoms. The van der Waals surface area contributed by atoms with E-state index in [0.29, 0.717) is 6.61 Å². The molecule has 0 bridgehead atoms.